The number of carboxylic acid groups (broad SMARTS) is 2. The smallest absolute Gasteiger partial charge is 0.408 e. The number of anilines is 1. The van der Waals surface area contributed by atoms with E-state index in [0.717, 1.165) is 38.5 Å². The molecule has 0 bridgehead atoms. The highest BCUT2D eigenvalue weighted by Gasteiger charge is 2.38. The van der Waals surface area contributed by atoms with Crippen LogP contribution in [0, 0.1) is 0 Å². The topological polar surface area (TPSA) is 188 Å². The maximum Gasteiger partial charge on any atom is 0.408 e. The number of unbranched alkanes of at least 4 members (excludes halogenated alkanes) is 1. The van der Waals surface area contributed by atoms with Crippen LogP contribution in [0.4, 0.5) is 10.5 Å². The summed E-state index contributed by atoms with van der Waals surface area (Å²) in [5.41, 5.74) is 6.76. The second-order valence-electron chi connectivity index (χ2n) is 10.4. The van der Waals surface area contributed by atoms with Gasteiger partial charge in [-0.1, -0.05) is 31.0 Å². The van der Waals surface area contributed by atoms with E-state index in [-0.39, 0.29) is 31.8 Å². The van der Waals surface area contributed by atoms with Crippen LogP contribution in [0.5, 0.6) is 0 Å². The number of nitrogens with zero attached hydrogens (tertiary/aromatic N) is 1. The van der Waals surface area contributed by atoms with E-state index in [9.17, 15) is 34.2 Å². The van der Waals surface area contributed by atoms with E-state index >= 15 is 0 Å². The quantitative estimate of drug-likeness (QED) is 0.178. The number of benzene rings is 1. The van der Waals surface area contributed by atoms with Crippen molar-refractivity contribution in [2.24, 2.45) is 5.73 Å². The van der Waals surface area contributed by atoms with E-state index in [1.807, 2.05) is 0 Å². The number of fused-ring (bicyclic) bond motifs is 1. The molecule has 3 atom stereocenters. The lowest BCUT2D eigenvalue weighted by Gasteiger charge is -2.25. The van der Waals surface area contributed by atoms with Crippen molar-refractivity contribution in [2.45, 2.75) is 101 Å². The van der Waals surface area contributed by atoms with Gasteiger partial charge in [-0.25, -0.2) is 14.4 Å². The first kappa shape index (κ1) is 30.9. The molecule has 12 heteroatoms. The molecule has 3 rings (SSSR count). The van der Waals surface area contributed by atoms with Gasteiger partial charge < -0.3 is 31.3 Å². The Labute approximate surface area is 233 Å². The second-order valence-corrected chi connectivity index (χ2v) is 10.4. The molecule has 3 amide bonds. The lowest BCUT2D eigenvalue weighted by Crippen LogP contribution is -2.52. The minimum atomic E-state index is -1.42. The maximum absolute atomic E-state index is 13.1. The normalized spacial score (nSPS) is 18.6. The van der Waals surface area contributed by atoms with Crippen molar-refractivity contribution in [2.75, 3.05) is 11.4 Å². The first-order valence-electron chi connectivity index (χ1n) is 14.0. The molecule has 1 saturated carbocycles. The zero-order chi connectivity index (χ0) is 29.1. The van der Waals surface area contributed by atoms with Crippen molar-refractivity contribution in [1.29, 1.82) is 0 Å². The number of carbonyl (C=O) groups is 5. The number of nitrogens with one attached hydrogen (secondary N) is 2. The van der Waals surface area contributed by atoms with Gasteiger partial charge in [-0.05, 0) is 69.5 Å². The molecular weight excluding hydrogens is 520 g/mol. The van der Waals surface area contributed by atoms with Crippen molar-refractivity contribution in [1.82, 2.24) is 10.6 Å². The predicted molar refractivity (Wildman–Crippen MR) is 146 cm³/mol. The number of hydrogen-bond acceptors (Lipinski definition) is 7. The number of amides is 3. The van der Waals surface area contributed by atoms with Crippen molar-refractivity contribution in [3.05, 3.63) is 29.8 Å². The Morgan fingerprint density at radius 2 is 1.65 bits per heavy atom. The van der Waals surface area contributed by atoms with Crippen LogP contribution in [0.25, 0.3) is 0 Å². The number of aliphatic carboxylic acids is 2. The van der Waals surface area contributed by atoms with Gasteiger partial charge in [0.25, 0.3) is 0 Å². The van der Waals surface area contributed by atoms with E-state index in [1.54, 1.807) is 24.3 Å². The van der Waals surface area contributed by atoms with Crippen LogP contribution in [0.15, 0.2) is 24.3 Å². The summed E-state index contributed by atoms with van der Waals surface area (Å²) in [5.74, 6) is -3.76. The molecule has 0 unspecified atom stereocenters. The summed E-state index contributed by atoms with van der Waals surface area (Å²) in [6.45, 7) is 0.400. The third kappa shape index (κ3) is 8.67. The van der Waals surface area contributed by atoms with Crippen molar-refractivity contribution < 1.29 is 38.9 Å². The van der Waals surface area contributed by atoms with Gasteiger partial charge in [0.15, 0.2) is 0 Å². The number of para-hydroxylation sites is 1. The highest BCUT2D eigenvalue weighted by molar-refractivity contribution is 6.02. The zero-order valence-corrected chi connectivity index (χ0v) is 22.7. The molecule has 12 nitrogen and oxygen atoms in total. The Morgan fingerprint density at radius 3 is 2.30 bits per heavy atom. The van der Waals surface area contributed by atoms with Crippen LogP contribution in [0.1, 0.15) is 76.2 Å². The second kappa shape index (κ2) is 15.2. The van der Waals surface area contributed by atoms with Gasteiger partial charge in [0.1, 0.15) is 24.2 Å². The van der Waals surface area contributed by atoms with Gasteiger partial charge in [-0.3, -0.25) is 14.5 Å². The number of carboxylic acids is 2. The monoisotopic (exact) mass is 560 g/mol. The van der Waals surface area contributed by atoms with E-state index in [1.165, 1.54) is 4.90 Å². The van der Waals surface area contributed by atoms with E-state index in [4.69, 9.17) is 10.5 Å². The van der Waals surface area contributed by atoms with Gasteiger partial charge in [0, 0.05) is 18.5 Å². The minimum absolute atomic E-state index is 0.156. The summed E-state index contributed by atoms with van der Waals surface area (Å²) in [7, 11) is 0. The lowest BCUT2D eigenvalue weighted by molar-refractivity contribution is -0.143. The summed E-state index contributed by atoms with van der Waals surface area (Å²) < 4.78 is 5.54. The third-order valence-corrected chi connectivity index (χ3v) is 7.42. The average Bonchev–Trinajstić information content (AvgIpc) is 3.13. The highest BCUT2D eigenvalue weighted by atomic mass is 16.6. The summed E-state index contributed by atoms with van der Waals surface area (Å²) in [6.07, 6.45) is 5.65. The molecular formula is C28H40N4O8. The average molecular weight is 561 g/mol. The molecule has 40 heavy (non-hydrogen) atoms. The number of alkyl carbamates (subject to hydrolysis) is 1. The fraction of sp³-hybridized carbons (Fsp3) is 0.607. The zero-order valence-electron chi connectivity index (χ0n) is 22.7. The molecule has 1 aliphatic heterocycles. The summed E-state index contributed by atoms with van der Waals surface area (Å²) in [4.78, 5) is 63.7. The van der Waals surface area contributed by atoms with Crippen LogP contribution in [0.2, 0.25) is 0 Å². The van der Waals surface area contributed by atoms with E-state index in [0.29, 0.717) is 30.6 Å². The Hall–Kier alpha value is -3.67. The SMILES string of the molecule is NCCCC[C@H](NC(=O)OC1CCCCCC1)C(=O)N[C@H](CCC(=O)N1c2ccccc2C[C@H]1C(=O)O)C(=O)O. The third-order valence-electron chi connectivity index (χ3n) is 7.42. The molecule has 1 fully saturated rings. The lowest BCUT2D eigenvalue weighted by atomic mass is 10.1. The summed E-state index contributed by atoms with van der Waals surface area (Å²) in [5, 5.41) is 24.4. The van der Waals surface area contributed by atoms with Crippen LogP contribution in [-0.2, 0) is 30.3 Å². The first-order chi connectivity index (χ1) is 19.2. The van der Waals surface area contributed by atoms with Gasteiger partial charge in [-0.2, -0.15) is 0 Å². The van der Waals surface area contributed by atoms with Crippen LogP contribution in [0.3, 0.4) is 0 Å². The Kier molecular flexibility index (Phi) is 11.7. The van der Waals surface area contributed by atoms with E-state index in [2.05, 4.69) is 10.6 Å². The molecule has 6 N–H and O–H groups in total. The van der Waals surface area contributed by atoms with Crippen molar-refractivity contribution in [3.8, 4) is 0 Å². The molecule has 1 aliphatic carbocycles. The number of hydrogen-bond donors (Lipinski definition) is 5. The molecule has 220 valence electrons. The number of ether oxygens (including phenoxy) is 1. The molecule has 0 aromatic heterocycles. The number of carbonyl (C=O) groups excluding carboxylic acids is 3. The van der Waals surface area contributed by atoms with Gasteiger partial charge in [0.05, 0.1) is 0 Å². The van der Waals surface area contributed by atoms with Gasteiger partial charge in [0.2, 0.25) is 11.8 Å². The Balaban J connectivity index is 1.62. The van der Waals surface area contributed by atoms with Crippen molar-refractivity contribution >= 4 is 35.5 Å². The van der Waals surface area contributed by atoms with Crippen molar-refractivity contribution in [3.63, 3.8) is 0 Å². The minimum Gasteiger partial charge on any atom is -0.480 e. The molecule has 2 aliphatic rings. The molecule has 1 heterocycles. The highest BCUT2D eigenvalue weighted by Crippen LogP contribution is 2.33. The Morgan fingerprint density at radius 1 is 0.950 bits per heavy atom. The first-order valence-corrected chi connectivity index (χ1v) is 14.0. The van der Waals surface area contributed by atoms with Crippen LogP contribution >= 0.6 is 0 Å². The largest absolute Gasteiger partial charge is 0.480 e. The molecule has 0 saturated heterocycles. The predicted octanol–water partition coefficient (Wildman–Crippen LogP) is 2.33. The molecule has 1 aromatic carbocycles. The number of nitrogens with two attached hydrogens (primary N) is 1. The summed E-state index contributed by atoms with van der Waals surface area (Å²) in [6, 6.07) is 3.31. The van der Waals surface area contributed by atoms with Gasteiger partial charge in [-0.15, -0.1) is 0 Å². The standard InChI is InChI=1S/C28H40N4O8/c29-16-8-7-12-20(31-28(39)40-19-10-3-1-2-4-11-19)25(34)30-21(26(35)36)14-15-24(33)32-22-13-6-5-9-18(22)17-23(32)27(37)38/h5-6,9,13,19-21,23H,1-4,7-8,10-12,14-17,29H2,(H,30,34)(H,31,39)(H,35,36)(H,37,38)/t20-,21+,23-/m0/s1. The Bertz CT molecular complexity index is 1060. The van der Waals surface area contributed by atoms with E-state index < -0.39 is 48.0 Å². The van der Waals surface area contributed by atoms with Gasteiger partial charge >= 0.3 is 18.0 Å². The fourth-order valence-electron chi connectivity index (χ4n) is 5.26. The molecule has 1 aromatic rings. The maximum atomic E-state index is 13.1. The van der Waals surface area contributed by atoms with Crippen LogP contribution in [-0.4, -0.2) is 70.8 Å². The van der Waals surface area contributed by atoms with Crippen LogP contribution < -0.4 is 21.3 Å². The molecule has 0 radical (unpaired) electrons. The fourth-order valence-corrected chi connectivity index (χ4v) is 5.26. The molecule has 0 spiro atoms. The number of rotatable bonds is 13. The summed E-state index contributed by atoms with van der Waals surface area (Å²) >= 11 is 0.